The fourth-order valence-electron chi connectivity index (χ4n) is 2.96. The molecule has 3 amide bonds. The Morgan fingerprint density at radius 1 is 0.800 bits per heavy atom. The zero-order valence-corrected chi connectivity index (χ0v) is 12.3. The van der Waals surface area contributed by atoms with E-state index >= 15 is 0 Å². The van der Waals surface area contributed by atoms with E-state index in [2.05, 4.69) is 0 Å². The maximum absolute atomic E-state index is 12.5. The molecule has 2 aliphatic heterocycles. The number of hydrogen-bond acceptors (Lipinski definition) is 3. The molecule has 112 valence electrons. The average Bonchev–Trinajstić information content (AvgIpc) is 2.46. The van der Waals surface area contributed by atoms with Crippen LogP contribution in [0.1, 0.15) is 26.7 Å². The maximum Gasteiger partial charge on any atom is 0.227 e. The number of amides is 3. The van der Waals surface area contributed by atoms with Crippen LogP contribution in [0.4, 0.5) is 0 Å². The largest absolute Gasteiger partial charge is 0.342 e. The standard InChI is InChI=1S/C14H23N3O3/c1-11(18)15-6-8-16(9-7-15)14(20)13-4-3-5-17(10-13)12(2)19/h13H,3-10H2,1-2H3. The van der Waals surface area contributed by atoms with Crippen LogP contribution in [0.2, 0.25) is 0 Å². The second-order valence-corrected chi connectivity index (χ2v) is 5.64. The highest BCUT2D eigenvalue weighted by molar-refractivity contribution is 5.81. The molecule has 1 unspecified atom stereocenters. The Bertz CT molecular complexity index is 402. The number of piperazine rings is 1. The van der Waals surface area contributed by atoms with Crippen molar-refractivity contribution in [3.05, 3.63) is 0 Å². The minimum atomic E-state index is -0.0727. The van der Waals surface area contributed by atoms with Crippen LogP contribution in [0.3, 0.4) is 0 Å². The number of rotatable bonds is 1. The van der Waals surface area contributed by atoms with E-state index in [9.17, 15) is 14.4 Å². The lowest BCUT2D eigenvalue weighted by atomic mass is 9.96. The molecule has 2 heterocycles. The lowest BCUT2D eigenvalue weighted by Crippen LogP contribution is -2.53. The Balaban J connectivity index is 1.88. The van der Waals surface area contributed by atoms with Crippen LogP contribution < -0.4 is 0 Å². The molecule has 2 saturated heterocycles. The lowest BCUT2D eigenvalue weighted by molar-refractivity contribution is -0.144. The summed E-state index contributed by atoms with van der Waals surface area (Å²) in [5.74, 6) is 0.178. The molecule has 2 aliphatic rings. The molecular formula is C14H23N3O3. The van der Waals surface area contributed by atoms with Crippen LogP contribution in [-0.4, -0.2) is 71.7 Å². The molecule has 20 heavy (non-hydrogen) atoms. The summed E-state index contributed by atoms with van der Waals surface area (Å²) in [4.78, 5) is 40.5. The summed E-state index contributed by atoms with van der Waals surface area (Å²) >= 11 is 0. The maximum atomic E-state index is 12.5. The Morgan fingerprint density at radius 2 is 1.35 bits per heavy atom. The smallest absolute Gasteiger partial charge is 0.227 e. The topological polar surface area (TPSA) is 60.9 Å². The fourth-order valence-corrected chi connectivity index (χ4v) is 2.96. The fraction of sp³-hybridized carbons (Fsp3) is 0.786. The van der Waals surface area contributed by atoms with Gasteiger partial charge in [0.1, 0.15) is 0 Å². The van der Waals surface area contributed by atoms with Crippen LogP contribution in [0.5, 0.6) is 0 Å². The zero-order valence-electron chi connectivity index (χ0n) is 12.3. The predicted molar refractivity (Wildman–Crippen MR) is 73.8 cm³/mol. The third-order valence-corrected chi connectivity index (χ3v) is 4.25. The second-order valence-electron chi connectivity index (χ2n) is 5.64. The summed E-state index contributed by atoms with van der Waals surface area (Å²) in [5, 5.41) is 0. The van der Waals surface area contributed by atoms with Crippen molar-refractivity contribution in [2.75, 3.05) is 39.3 Å². The molecule has 0 saturated carbocycles. The van der Waals surface area contributed by atoms with Gasteiger partial charge in [-0.15, -0.1) is 0 Å². The molecule has 0 aromatic heterocycles. The summed E-state index contributed by atoms with van der Waals surface area (Å²) in [6, 6.07) is 0. The van der Waals surface area contributed by atoms with Gasteiger partial charge in [-0.25, -0.2) is 0 Å². The molecule has 0 N–H and O–H groups in total. The van der Waals surface area contributed by atoms with E-state index in [1.54, 1.807) is 23.6 Å². The monoisotopic (exact) mass is 281 g/mol. The molecule has 1 atom stereocenters. The number of likely N-dealkylation sites (tertiary alicyclic amines) is 1. The minimum absolute atomic E-state index is 0.0453. The van der Waals surface area contributed by atoms with Gasteiger partial charge in [0.05, 0.1) is 5.92 Å². The molecule has 0 aromatic rings. The molecule has 2 fully saturated rings. The van der Waals surface area contributed by atoms with Gasteiger partial charge in [-0.2, -0.15) is 0 Å². The third-order valence-electron chi connectivity index (χ3n) is 4.25. The van der Waals surface area contributed by atoms with Crippen LogP contribution in [0.25, 0.3) is 0 Å². The predicted octanol–water partition coefficient (Wildman–Crippen LogP) is -0.0644. The van der Waals surface area contributed by atoms with Crippen molar-refractivity contribution in [3.8, 4) is 0 Å². The molecule has 0 aromatic carbocycles. The summed E-state index contributed by atoms with van der Waals surface area (Å²) < 4.78 is 0. The molecule has 0 radical (unpaired) electrons. The molecular weight excluding hydrogens is 258 g/mol. The summed E-state index contributed by atoms with van der Waals surface area (Å²) in [7, 11) is 0. The van der Waals surface area contributed by atoms with Gasteiger partial charge in [-0.1, -0.05) is 0 Å². The van der Waals surface area contributed by atoms with Gasteiger partial charge in [0.2, 0.25) is 17.7 Å². The van der Waals surface area contributed by atoms with Gasteiger partial charge in [0.15, 0.2) is 0 Å². The number of hydrogen-bond donors (Lipinski definition) is 0. The van der Waals surface area contributed by atoms with Gasteiger partial charge in [-0.05, 0) is 12.8 Å². The van der Waals surface area contributed by atoms with Crippen molar-refractivity contribution >= 4 is 17.7 Å². The first-order valence-electron chi connectivity index (χ1n) is 7.29. The van der Waals surface area contributed by atoms with Crippen molar-refractivity contribution in [1.29, 1.82) is 0 Å². The van der Waals surface area contributed by atoms with E-state index in [1.807, 2.05) is 4.90 Å². The zero-order chi connectivity index (χ0) is 14.7. The van der Waals surface area contributed by atoms with Gasteiger partial charge in [-0.3, -0.25) is 14.4 Å². The third kappa shape index (κ3) is 3.29. The van der Waals surface area contributed by atoms with Crippen molar-refractivity contribution < 1.29 is 14.4 Å². The molecule has 6 nitrogen and oxygen atoms in total. The highest BCUT2D eigenvalue weighted by Crippen LogP contribution is 2.19. The Hall–Kier alpha value is -1.59. The van der Waals surface area contributed by atoms with Gasteiger partial charge < -0.3 is 14.7 Å². The van der Waals surface area contributed by atoms with Crippen molar-refractivity contribution in [3.63, 3.8) is 0 Å². The van der Waals surface area contributed by atoms with E-state index < -0.39 is 0 Å². The number of carbonyl (C=O) groups is 3. The number of carbonyl (C=O) groups excluding carboxylic acids is 3. The van der Waals surface area contributed by atoms with Crippen LogP contribution >= 0.6 is 0 Å². The Kier molecular flexibility index (Phi) is 4.62. The molecule has 6 heteroatoms. The summed E-state index contributed by atoms with van der Waals surface area (Å²) in [6.45, 7) is 6.86. The highest BCUT2D eigenvalue weighted by atomic mass is 16.2. The van der Waals surface area contributed by atoms with Gasteiger partial charge >= 0.3 is 0 Å². The van der Waals surface area contributed by atoms with Crippen LogP contribution in [0.15, 0.2) is 0 Å². The first-order valence-corrected chi connectivity index (χ1v) is 7.29. The first-order chi connectivity index (χ1) is 9.49. The molecule has 0 bridgehead atoms. The van der Waals surface area contributed by atoms with Crippen molar-refractivity contribution in [2.45, 2.75) is 26.7 Å². The van der Waals surface area contributed by atoms with E-state index in [0.29, 0.717) is 32.7 Å². The SMILES string of the molecule is CC(=O)N1CCN(C(=O)C2CCCN(C(C)=O)C2)CC1. The highest BCUT2D eigenvalue weighted by Gasteiger charge is 2.31. The number of piperidine rings is 1. The molecule has 2 rings (SSSR count). The normalized spacial score (nSPS) is 23.7. The average molecular weight is 281 g/mol. The van der Waals surface area contributed by atoms with Crippen molar-refractivity contribution in [1.82, 2.24) is 14.7 Å². The van der Waals surface area contributed by atoms with Crippen LogP contribution in [0, 0.1) is 5.92 Å². The van der Waals surface area contributed by atoms with Crippen LogP contribution in [-0.2, 0) is 14.4 Å². The van der Waals surface area contributed by atoms with E-state index in [-0.39, 0.29) is 23.6 Å². The Labute approximate surface area is 119 Å². The quantitative estimate of drug-likeness (QED) is 0.676. The summed E-state index contributed by atoms with van der Waals surface area (Å²) in [6.07, 6.45) is 1.75. The Morgan fingerprint density at radius 3 is 1.90 bits per heavy atom. The van der Waals surface area contributed by atoms with Gasteiger partial charge in [0.25, 0.3) is 0 Å². The lowest BCUT2D eigenvalue weighted by Gasteiger charge is -2.38. The number of nitrogens with zero attached hydrogens (tertiary/aromatic N) is 3. The van der Waals surface area contributed by atoms with Gasteiger partial charge in [0, 0.05) is 53.1 Å². The second kappa shape index (κ2) is 6.24. The minimum Gasteiger partial charge on any atom is -0.342 e. The van der Waals surface area contributed by atoms with E-state index in [4.69, 9.17) is 0 Å². The molecule has 0 aliphatic carbocycles. The van der Waals surface area contributed by atoms with Crippen molar-refractivity contribution in [2.24, 2.45) is 5.92 Å². The van der Waals surface area contributed by atoms with E-state index in [0.717, 1.165) is 19.4 Å². The van der Waals surface area contributed by atoms with E-state index in [1.165, 1.54) is 0 Å². The first kappa shape index (κ1) is 14.8. The summed E-state index contributed by atoms with van der Waals surface area (Å²) in [5.41, 5.74) is 0. The molecule has 0 spiro atoms.